The summed E-state index contributed by atoms with van der Waals surface area (Å²) in [6, 6.07) is 0. The lowest BCUT2D eigenvalue weighted by Gasteiger charge is -2.10. The zero-order valence-electron chi connectivity index (χ0n) is 4.55. The molecule has 4 heteroatoms. The van der Waals surface area contributed by atoms with Crippen LogP contribution in [0.5, 0.6) is 0 Å². The van der Waals surface area contributed by atoms with E-state index in [2.05, 4.69) is 4.89 Å². The van der Waals surface area contributed by atoms with Gasteiger partial charge in [-0.15, -0.1) is 4.89 Å². The van der Waals surface area contributed by atoms with Gasteiger partial charge in [0.1, 0.15) is 6.61 Å². The van der Waals surface area contributed by atoms with Crippen molar-refractivity contribution < 1.29 is 14.6 Å². The molecular formula is C4H9O3P. The summed E-state index contributed by atoms with van der Waals surface area (Å²) < 4.78 is 1.40. The summed E-state index contributed by atoms with van der Waals surface area (Å²) >= 11 is 0. The van der Waals surface area contributed by atoms with Crippen LogP contribution in [0.1, 0.15) is 12.8 Å². The second-order valence-electron chi connectivity index (χ2n) is 1.66. The molecule has 0 amide bonds. The molecule has 0 radical (unpaired) electrons. The molecule has 3 nitrogen and oxygen atoms in total. The summed E-state index contributed by atoms with van der Waals surface area (Å²) in [6.45, 7) is 0.571. The molecular weight excluding hydrogens is 127 g/mol. The Bertz CT molecular complexity index is 60.3. The maximum absolute atomic E-state index is 10.3. The van der Waals surface area contributed by atoms with Crippen molar-refractivity contribution in [2.75, 3.05) is 12.8 Å². The fraction of sp³-hybridized carbons (Fsp3) is 1.00. The van der Waals surface area contributed by atoms with Crippen LogP contribution in [-0.2, 0) is 9.34 Å². The highest BCUT2D eigenvalue weighted by molar-refractivity contribution is 7.32. The second kappa shape index (κ2) is 3.36. The van der Waals surface area contributed by atoms with Gasteiger partial charge in [0.2, 0.25) is 8.81 Å². The molecule has 1 rings (SSSR count). The minimum atomic E-state index is 0.241. The van der Waals surface area contributed by atoms with Crippen LogP contribution in [0.15, 0.2) is 0 Å². The number of hydrogen-bond acceptors (Lipinski definition) is 2. The summed E-state index contributed by atoms with van der Waals surface area (Å²) in [5, 5.41) is 10.3. The third-order valence-electron chi connectivity index (χ3n) is 0.981. The van der Waals surface area contributed by atoms with E-state index < -0.39 is 0 Å². The van der Waals surface area contributed by atoms with E-state index in [0.717, 1.165) is 19.0 Å². The van der Waals surface area contributed by atoms with Gasteiger partial charge < -0.3 is 5.26 Å². The topological polar surface area (TPSA) is 35.0 Å². The fourth-order valence-electron chi connectivity index (χ4n) is 0.559. The lowest BCUT2D eigenvalue weighted by Crippen LogP contribution is -2.17. The number of rotatable bonds is 0. The normalized spacial score (nSPS) is 28.1. The summed E-state index contributed by atoms with van der Waals surface area (Å²) in [5.74, 6) is 0. The van der Waals surface area contributed by atoms with Crippen molar-refractivity contribution in [3.05, 3.63) is 0 Å². The van der Waals surface area contributed by atoms with Crippen LogP contribution in [0, 0.1) is 0 Å². The van der Waals surface area contributed by atoms with E-state index in [1.165, 1.54) is 4.46 Å². The Balaban J connectivity index is 2.17. The van der Waals surface area contributed by atoms with Crippen molar-refractivity contribution in [2.24, 2.45) is 0 Å². The summed E-state index contributed by atoms with van der Waals surface area (Å²) in [6.07, 6.45) is 3.09. The first-order valence-corrected chi connectivity index (χ1v) is 3.80. The molecule has 48 valence electrons. The Morgan fingerprint density at radius 2 is 2.38 bits per heavy atom. The standard InChI is InChI=1S/C4H9O3P/c5-7-6-3-1-2-4-8-7/h8H,1-4H2. The van der Waals surface area contributed by atoms with Crippen LogP contribution < -0.4 is 5.26 Å². The Hall–Kier alpha value is 0.310. The molecule has 0 bridgehead atoms. The maximum atomic E-state index is 10.3. The monoisotopic (exact) mass is 136 g/mol. The zero-order chi connectivity index (χ0) is 5.82. The minimum Gasteiger partial charge on any atom is -0.486 e. The van der Waals surface area contributed by atoms with Crippen LogP contribution in [0.25, 0.3) is 0 Å². The Morgan fingerprint density at radius 1 is 1.50 bits per heavy atom. The molecule has 0 aromatic carbocycles. The Morgan fingerprint density at radius 3 is 3.25 bits per heavy atom. The summed E-state index contributed by atoms with van der Waals surface area (Å²) in [4.78, 5) is 4.61. The maximum Gasteiger partial charge on any atom is 0.237 e. The molecule has 0 aromatic heterocycles. The van der Waals surface area contributed by atoms with Gasteiger partial charge in [0, 0.05) is 6.16 Å². The van der Waals surface area contributed by atoms with E-state index in [1.807, 2.05) is 0 Å². The molecule has 1 unspecified atom stereocenters. The van der Waals surface area contributed by atoms with Gasteiger partial charge in [0.15, 0.2) is 0 Å². The van der Waals surface area contributed by atoms with Crippen molar-refractivity contribution in [2.45, 2.75) is 12.8 Å². The van der Waals surface area contributed by atoms with Crippen molar-refractivity contribution in [3.63, 3.8) is 0 Å². The lowest BCUT2D eigenvalue weighted by atomic mass is 10.4. The van der Waals surface area contributed by atoms with E-state index in [-0.39, 0.29) is 8.81 Å². The second-order valence-corrected chi connectivity index (χ2v) is 2.78. The molecule has 1 aliphatic heterocycles. The first-order chi connectivity index (χ1) is 3.89. The van der Waals surface area contributed by atoms with Crippen LogP contribution in [0.3, 0.4) is 0 Å². The fourth-order valence-corrected chi connectivity index (χ4v) is 1.29. The molecule has 1 aliphatic rings. The minimum absolute atomic E-state index is 0.241. The summed E-state index contributed by atoms with van der Waals surface area (Å²) in [7, 11) is 0.241. The molecule has 1 saturated heterocycles. The van der Waals surface area contributed by atoms with E-state index in [0.29, 0.717) is 6.61 Å². The SMILES string of the molecule is [O-][O+]1OCCCCP1. The molecule has 0 aliphatic carbocycles. The van der Waals surface area contributed by atoms with Gasteiger partial charge in [-0.1, -0.05) is 0 Å². The largest absolute Gasteiger partial charge is 0.486 e. The average molecular weight is 136 g/mol. The predicted octanol–water partition coefficient (Wildman–Crippen LogP) is 0.133. The van der Waals surface area contributed by atoms with Gasteiger partial charge in [-0.2, -0.15) is 0 Å². The smallest absolute Gasteiger partial charge is 0.237 e. The van der Waals surface area contributed by atoms with Crippen molar-refractivity contribution in [1.82, 2.24) is 0 Å². The molecule has 0 N–H and O–H groups in total. The van der Waals surface area contributed by atoms with E-state index in [4.69, 9.17) is 0 Å². The first-order valence-electron chi connectivity index (χ1n) is 2.68. The molecule has 8 heavy (non-hydrogen) atoms. The molecule has 0 aromatic rings. The first kappa shape index (κ1) is 6.43. The predicted molar refractivity (Wildman–Crippen MR) is 29.5 cm³/mol. The molecule has 1 fully saturated rings. The molecule has 1 heterocycles. The molecule has 0 spiro atoms. The highest BCUT2D eigenvalue weighted by Crippen LogP contribution is 2.23. The molecule has 1 atom stereocenters. The van der Waals surface area contributed by atoms with Crippen molar-refractivity contribution in [1.29, 1.82) is 0 Å². The van der Waals surface area contributed by atoms with E-state index >= 15 is 0 Å². The quantitative estimate of drug-likeness (QED) is 0.269. The van der Waals surface area contributed by atoms with Gasteiger partial charge in [-0.05, 0) is 12.8 Å². The Kier molecular flexibility index (Phi) is 2.70. The van der Waals surface area contributed by atoms with Crippen LogP contribution in [0.4, 0.5) is 0 Å². The van der Waals surface area contributed by atoms with Crippen LogP contribution in [0.2, 0.25) is 0 Å². The zero-order valence-corrected chi connectivity index (χ0v) is 5.55. The summed E-state index contributed by atoms with van der Waals surface area (Å²) in [5.41, 5.74) is 0. The van der Waals surface area contributed by atoms with E-state index in [1.54, 1.807) is 0 Å². The molecule has 0 saturated carbocycles. The third-order valence-corrected chi connectivity index (χ3v) is 1.89. The Labute approximate surface area is 50.0 Å². The highest BCUT2D eigenvalue weighted by atomic mass is 31.1. The van der Waals surface area contributed by atoms with Crippen LogP contribution >= 0.6 is 8.81 Å². The average Bonchev–Trinajstić information content (AvgIpc) is 1.94. The lowest BCUT2D eigenvalue weighted by molar-refractivity contribution is -0.845. The van der Waals surface area contributed by atoms with Gasteiger partial charge in [0.05, 0.1) is 0 Å². The van der Waals surface area contributed by atoms with E-state index in [9.17, 15) is 5.26 Å². The van der Waals surface area contributed by atoms with Crippen molar-refractivity contribution >= 4 is 8.81 Å². The van der Waals surface area contributed by atoms with Gasteiger partial charge in [0.25, 0.3) is 0 Å². The third kappa shape index (κ3) is 2.05. The number of hydrogen-bond donors (Lipinski definition) is 0. The van der Waals surface area contributed by atoms with Gasteiger partial charge in [-0.3, -0.25) is 0 Å². The van der Waals surface area contributed by atoms with Gasteiger partial charge >= 0.3 is 0 Å². The van der Waals surface area contributed by atoms with Crippen LogP contribution in [-0.4, -0.2) is 12.8 Å². The van der Waals surface area contributed by atoms with Gasteiger partial charge in [-0.25, -0.2) is 4.46 Å². The highest BCUT2D eigenvalue weighted by Gasteiger charge is 2.07. The van der Waals surface area contributed by atoms with Crippen molar-refractivity contribution in [3.8, 4) is 0 Å².